The molecule has 0 bridgehead atoms. The first kappa shape index (κ1) is 15.2. The summed E-state index contributed by atoms with van der Waals surface area (Å²) in [4.78, 5) is 9.90. The number of aliphatic hydroxyl groups excluding tert-OH is 1. The molecule has 1 aromatic carbocycles. The molecule has 0 saturated heterocycles. The number of carbonyl (C=O) groups excluding carboxylic acids is 1. The molecular weight excluding hydrogens is 293 g/mol. The maximum absolute atomic E-state index is 12.2. The van der Waals surface area contributed by atoms with Crippen LogP contribution < -0.4 is 0 Å². The Morgan fingerprint density at radius 1 is 1.32 bits per heavy atom. The molecule has 106 valence electrons. The number of aliphatic hydroxyl groups is 1. The average molecular weight is 300 g/mol. The minimum Gasteiger partial charge on any atom is -0.507 e. The molecule has 0 heterocycles. The molecule has 10 heteroatoms. The second-order valence-corrected chi connectivity index (χ2v) is 5.13. The number of aromatic hydroxyl groups is 1. The Hall–Kier alpha value is -1.81. The molecule has 19 heavy (non-hydrogen) atoms. The van der Waals surface area contributed by atoms with Crippen LogP contribution in [0.5, 0.6) is 5.75 Å². The van der Waals surface area contributed by atoms with Gasteiger partial charge in [0.05, 0.1) is 4.90 Å². The number of benzene rings is 1. The number of alkyl halides is 3. The summed E-state index contributed by atoms with van der Waals surface area (Å²) in [6.45, 7) is -0.999. The van der Waals surface area contributed by atoms with Crippen molar-refractivity contribution in [3.63, 3.8) is 0 Å². The zero-order valence-corrected chi connectivity index (χ0v) is 9.83. The van der Waals surface area contributed by atoms with Crippen LogP contribution >= 0.6 is 0 Å². The van der Waals surface area contributed by atoms with Gasteiger partial charge in [0.2, 0.25) is 0 Å². The first-order chi connectivity index (χ1) is 8.61. The van der Waals surface area contributed by atoms with Gasteiger partial charge >= 0.3 is 11.5 Å². The SMILES string of the molecule is O=C(OCO)c1ccc(S(=O)(=O)C(F)(F)F)cc1O. The Morgan fingerprint density at radius 3 is 2.32 bits per heavy atom. The predicted octanol–water partition coefficient (Wildman–Crippen LogP) is 0.792. The normalized spacial score (nSPS) is 12.2. The minimum absolute atomic E-state index is 0.275. The molecule has 0 atom stereocenters. The van der Waals surface area contributed by atoms with Gasteiger partial charge in [0.25, 0.3) is 9.84 Å². The molecule has 0 aliphatic rings. The maximum atomic E-state index is 12.2. The number of esters is 1. The summed E-state index contributed by atoms with van der Waals surface area (Å²) >= 11 is 0. The van der Waals surface area contributed by atoms with E-state index in [1.807, 2.05) is 0 Å². The topological polar surface area (TPSA) is 101 Å². The third-order valence-corrected chi connectivity index (χ3v) is 3.48. The summed E-state index contributed by atoms with van der Waals surface area (Å²) in [5, 5.41) is 17.6. The Bertz CT molecular complexity index is 592. The van der Waals surface area contributed by atoms with Crippen molar-refractivity contribution >= 4 is 15.8 Å². The van der Waals surface area contributed by atoms with Gasteiger partial charge in [-0.25, -0.2) is 13.2 Å². The molecule has 1 rings (SSSR count). The largest absolute Gasteiger partial charge is 0.507 e. The number of halogens is 3. The molecule has 0 radical (unpaired) electrons. The van der Waals surface area contributed by atoms with Crippen LogP contribution in [0, 0.1) is 0 Å². The van der Waals surface area contributed by atoms with E-state index in [9.17, 15) is 31.5 Å². The van der Waals surface area contributed by atoms with Gasteiger partial charge in [0, 0.05) is 0 Å². The fraction of sp³-hybridized carbons (Fsp3) is 0.222. The van der Waals surface area contributed by atoms with Crippen LogP contribution in [-0.2, 0) is 14.6 Å². The number of hydrogen-bond donors (Lipinski definition) is 2. The van der Waals surface area contributed by atoms with Crippen LogP contribution in [-0.4, -0.2) is 36.9 Å². The lowest BCUT2D eigenvalue weighted by Crippen LogP contribution is -2.23. The van der Waals surface area contributed by atoms with Crippen molar-refractivity contribution < 1.29 is 41.3 Å². The molecular formula is C9H7F3O6S. The van der Waals surface area contributed by atoms with Gasteiger partial charge in [0.1, 0.15) is 11.3 Å². The summed E-state index contributed by atoms with van der Waals surface area (Å²) in [6.07, 6.45) is 0. The molecule has 0 amide bonds. The number of hydrogen-bond acceptors (Lipinski definition) is 6. The van der Waals surface area contributed by atoms with E-state index in [1.54, 1.807) is 0 Å². The molecule has 6 nitrogen and oxygen atoms in total. The zero-order valence-electron chi connectivity index (χ0n) is 9.01. The molecule has 0 aromatic heterocycles. The second-order valence-electron chi connectivity index (χ2n) is 3.19. The first-order valence-corrected chi connectivity index (χ1v) is 6.02. The van der Waals surface area contributed by atoms with E-state index in [0.717, 1.165) is 0 Å². The van der Waals surface area contributed by atoms with Gasteiger partial charge in [-0.15, -0.1) is 0 Å². The van der Waals surface area contributed by atoms with E-state index in [-0.39, 0.29) is 6.07 Å². The van der Waals surface area contributed by atoms with E-state index in [4.69, 9.17) is 5.11 Å². The Labute approximate surface area is 105 Å². The number of phenolic OH excluding ortho intramolecular Hbond substituents is 1. The fourth-order valence-electron chi connectivity index (χ4n) is 1.12. The van der Waals surface area contributed by atoms with Crippen LogP contribution in [0.1, 0.15) is 10.4 Å². The maximum Gasteiger partial charge on any atom is 0.501 e. The number of ether oxygens (including phenoxy) is 1. The van der Waals surface area contributed by atoms with Crippen LogP contribution in [0.3, 0.4) is 0 Å². The molecule has 0 spiro atoms. The summed E-state index contributed by atoms with van der Waals surface area (Å²) in [5.41, 5.74) is -6.10. The van der Waals surface area contributed by atoms with Crippen molar-refractivity contribution in [3.8, 4) is 5.75 Å². The van der Waals surface area contributed by atoms with Gasteiger partial charge in [-0.2, -0.15) is 13.2 Å². The molecule has 0 fully saturated rings. The third-order valence-electron chi connectivity index (χ3n) is 2.00. The highest BCUT2D eigenvalue weighted by Gasteiger charge is 2.47. The second kappa shape index (κ2) is 5.05. The summed E-state index contributed by atoms with van der Waals surface area (Å²) < 4.78 is 62.8. The first-order valence-electron chi connectivity index (χ1n) is 4.53. The number of sulfone groups is 1. The van der Waals surface area contributed by atoms with Gasteiger partial charge < -0.3 is 14.9 Å². The molecule has 2 N–H and O–H groups in total. The summed E-state index contributed by atoms with van der Waals surface area (Å²) in [6, 6.07) is 1.42. The van der Waals surface area contributed by atoms with Crippen LogP contribution in [0.15, 0.2) is 23.1 Å². The Kier molecular flexibility index (Phi) is 4.06. The molecule has 0 aliphatic carbocycles. The van der Waals surface area contributed by atoms with Gasteiger partial charge in [-0.05, 0) is 18.2 Å². The highest BCUT2D eigenvalue weighted by molar-refractivity contribution is 7.92. The monoisotopic (exact) mass is 300 g/mol. The van der Waals surface area contributed by atoms with Gasteiger partial charge in [-0.1, -0.05) is 0 Å². The quantitative estimate of drug-likeness (QED) is 0.632. The van der Waals surface area contributed by atoms with Crippen LogP contribution in [0.2, 0.25) is 0 Å². The lowest BCUT2D eigenvalue weighted by molar-refractivity contribution is -0.0436. The van der Waals surface area contributed by atoms with Crippen molar-refractivity contribution in [2.75, 3.05) is 6.79 Å². The van der Waals surface area contributed by atoms with E-state index < -0.39 is 44.3 Å². The van der Waals surface area contributed by atoms with Crippen molar-refractivity contribution in [1.82, 2.24) is 0 Å². The zero-order chi connectivity index (χ0) is 14.8. The van der Waals surface area contributed by atoms with Crippen LogP contribution in [0.25, 0.3) is 0 Å². The number of rotatable bonds is 3. The molecule has 0 unspecified atom stereocenters. The summed E-state index contributed by atoms with van der Waals surface area (Å²) in [5.74, 6) is -2.22. The molecule has 1 aromatic rings. The Balaban J connectivity index is 3.25. The summed E-state index contributed by atoms with van der Waals surface area (Å²) in [7, 11) is -5.62. The fourth-order valence-corrected chi connectivity index (χ4v) is 1.90. The van der Waals surface area contributed by atoms with Crippen molar-refractivity contribution in [3.05, 3.63) is 23.8 Å². The van der Waals surface area contributed by atoms with Gasteiger partial charge in [-0.3, -0.25) is 0 Å². The number of carbonyl (C=O) groups is 1. The lowest BCUT2D eigenvalue weighted by atomic mass is 10.2. The van der Waals surface area contributed by atoms with E-state index in [2.05, 4.69) is 4.74 Å². The smallest absolute Gasteiger partial charge is 0.501 e. The molecule has 0 saturated carbocycles. The third kappa shape index (κ3) is 2.96. The standard InChI is InChI=1S/C9H7F3O6S/c10-9(11,12)19(16,17)5-1-2-6(7(14)3-5)8(15)18-4-13/h1-3,13-14H,4H2. The minimum atomic E-state index is -5.62. The van der Waals surface area contributed by atoms with E-state index in [1.165, 1.54) is 0 Å². The van der Waals surface area contributed by atoms with E-state index >= 15 is 0 Å². The number of phenols is 1. The van der Waals surface area contributed by atoms with Crippen LogP contribution in [0.4, 0.5) is 13.2 Å². The highest BCUT2D eigenvalue weighted by Crippen LogP contribution is 2.32. The average Bonchev–Trinajstić information content (AvgIpc) is 2.27. The van der Waals surface area contributed by atoms with Crippen molar-refractivity contribution in [2.45, 2.75) is 10.4 Å². The van der Waals surface area contributed by atoms with Crippen molar-refractivity contribution in [2.24, 2.45) is 0 Å². The predicted molar refractivity (Wildman–Crippen MR) is 53.8 cm³/mol. The van der Waals surface area contributed by atoms with E-state index in [0.29, 0.717) is 12.1 Å². The molecule has 0 aliphatic heterocycles. The lowest BCUT2D eigenvalue weighted by Gasteiger charge is -2.09. The Morgan fingerprint density at radius 2 is 1.89 bits per heavy atom. The highest BCUT2D eigenvalue weighted by atomic mass is 32.2. The van der Waals surface area contributed by atoms with Gasteiger partial charge in [0.15, 0.2) is 6.79 Å². The van der Waals surface area contributed by atoms with Crippen molar-refractivity contribution in [1.29, 1.82) is 0 Å².